The van der Waals surface area contributed by atoms with Crippen molar-refractivity contribution < 1.29 is 13.2 Å². The van der Waals surface area contributed by atoms with E-state index in [9.17, 15) is 13.2 Å². The summed E-state index contributed by atoms with van der Waals surface area (Å²) < 4.78 is 26.3. The Morgan fingerprint density at radius 2 is 1.68 bits per heavy atom. The fourth-order valence-electron chi connectivity index (χ4n) is 2.33. The summed E-state index contributed by atoms with van der Waals surface area (Å²) in [7, 11) is -3.45. The van der Waals surface area contributed by atoms with Gasteiger partial charge in [-0.25, -0.2) is 8.42 Å². The minimum absolute atomic E-state index is 0. The molecule has 1 aromatic rings. The maximum Gasteiger partial charge on any atom is 0.243 e. The summed E-state index contributed by atoms with van der Waals surface area (Å²) in [6.45, 7) is 2.05. The van der Waals surface area contributed by atoms with Crippen LogP contribution in [-0.2, 0) is 14.8 Å². The van der Waals surface area contributed by atoms with E-state index in [1.807, 2.05) is 0 Å². The first-order valence-electron chi connectivity index (χ1n) is 7.09. The quantitative estimate of drug-likeness (QED) is 0.849. The van der Waals surface area contributed by atoms with Crippen LogP contribution in [0.5, 0.6) is 0 Å². The van der Waals surface area contributed by atoms with E-state index in [0.29, 0.717) is 50.5 Å². The molecule has 0 saturated carbocycles. The van der Waals surface area contributed by atoms with Crippen molar-refractivity contribution in [1.82, 2.24) is 9.21 Å². The third-order valence-electron chi connectivity index (χ3n) is 3.57. The van der Waals surface area contributed by atoms with Crippen molar-refractivity contribution in [2.24, 2.45) is 5.73 Å². The van der Waals surface area contributed by atoms with E-state index in [0.717, 1.165) is 0 Å². The standard InChI is InChI=1S/C14H21N3O3S.ClH/c15-8-4-7-14(18)16-9-11-17(12-10-16)21(19,20)13-5-2-1-3-6-13;/h1-3,5-6H,4,7-12,15H2;1H. The number of carbonyl (C=O) groups is 1. The van der Waals surface area contributed by atoms with Gasteiger partial charge in [-0.2, -0.15) is 4.31 Å². The van der Waals surface area contributed by atoms with E-state index in [1.165, 1.54) is 4.31 Å². The Labute approximate surface area is 137 Å². The first-order valence-corrected chi connectivity index (χ1v) is 8.53. The Morgan fingerprint density at radius 1 is 1.09 bits per heavy atom. The molecule has 1 aliphatic rings. The molecule has 1 aliphatic heterocycles. The predicted octanol–water partition coefficient (Wildman–Crippen LogP) is 0.680. The average Bonchev–Trinajstić information content (AvgIpc) is 2.53. The van der Waals surface area contributed by atoms with E-state index in [-0.39, 0.29) is 18.3 Å². The number of amides is 1. The molecule has 1 saturated heterocycles. The van der Waals surface area contributed by atoms with Gasteiger partial charge in [-0.05, 0) is 25.1 Å². The van der Waals surface area contributed by atoms with Crippen LogP contribution in [-0.4, -0.2) is 56.3 Å². The molecule has 0 bridgehead atoms. The van der Waals surface area contributed by atoms with Crippen molar-refractivity contribution in [3.8, 4) is 0 Å². The number of nitrogens with two attached hydrogens (primary N) is 1. The number of hydrogen-bond acceptors (Lipinski definition) is 4. The van der Waals surface area contributed by atoms with Crippen LogP contribution in [0.15, 0.2) is 35.2 Å². The maximum absolute atomic E-state index is 12.4. The molecule has 0 aliphatic carbocycles. The normalized spacial score (nSPS) is 16.1. The van der Waals surface area contributed by atoms with Gasteiger partial charge >= 0.3 is 0 Å². The molecular weight excluding hydrogens is 326 g/mol. The highest BCUT2D eigenvalue weighted by atomic mass is 35.5. The van der Waals surface area contributed by atoms with E-state index in [2.05, 4.69) is 0 Å². The van der Waals surface area contributed by atoms with Crippen molar-refractivity contribution in [2.75, 3.05) is 32.7 Å². The molecule has 6 nitrogen and oxygen atoms in total. The Bertz CT molecular complexity index is 572. The Hall–Kier alpha value is -1.15. The van der Waals surface area contributed by atoms with E-state index >= 15 is 0 Å². The first kappa shape index (κ1) is 18.9. The lowest BCUT2D eigenvalue weighted by Gasteiger charge is -2.34. The lowest BCUT2D eigenvalue weighted by atomic mass is 10.2. The minimum atomic E-state index is -3.45. The fraction of sp³-hybridized carbons (Fsp3) is 0.500. The van der Waals surface area contributed by atoms with Gasteiger partial charge in [-0.15, -0.1) is 12.4 Å². The third-order valence-corrected chi connectivity index (χ3v) is 5.48. The highest BCUT2D eigenvalue weighted by Gasteiger charge is 2.29. The summed E-state index contributed by atoms with van der Waals surface area (Å²) >= 11 is 0. The predicted molar refractivity (Wildman–Crippen MR) is 87.3 cm³/mol. The lowest BCUT2D eigenvalue weighted by molar-refractivity contribution is -0.132. The van der Waals surface area contributed by atoms with Crippen LogP contribution in [0.3, 0.4) is 0 Å². The second kappa shape index (κ2) is 8.47. The number of halogens is 1. The van der Waals surface area contributed by atoms with Crippen molar-refractivity contribution in [3.63, 3.8) is 0 Å². The molecule has 0 aromatic heterocycles. The molecule has 0 spiro atoms. The SMILES string of the molecule is Cl.NCCCC(=O)N1CCN(S(=O)(=O)c2ccccc2)CC1. The van der Waals surface area contributed by atoms with Crippen LogP contribution in [0.4, 0.5) is 0 Å². The molecule has 22 heavy (non-hydrogen) atoms. The zero-order chi connectivity index (χ0) is 15.3. The number of piperazine rings is 1. The molecule has 1 heterocycles. The fourth-order valence-corrected chi connectivity index (χ4v) is 3.77. The van der Waals surface area contributed by atoms with E-state index < -0.39 is 10.0 Å². The zero-order valence-corrected chi connectivity index (χ0v) is 14.0. The van der Waals surface area contributed by atoms with Gasteiger partial charge in [0.05, 0.1) is 4.90 Å². The van der Waals surface area contributed by atoms with E-state index in [4.69, 9.17) is 5.73 Å². The summed E-state index contributed by atoms with van der Waals surface area (Å²) in [6, 6.07) is 8.38. The highest BCUT2D eigenvalue weighted by Crippen LogP contribution is 2.17. The molecule has 0 atom stereocenters. The molecule has 0 radical (unpaired) electrons. The highest BCUT2D eigenvalue weighted by molar-refractivity contribution is 7.89. The zero-order valence-electron chi connectivity index (χ0n) is 12.3. The van der Waals surface area contributed by atoms with Gasteiger partial charge in [0.2, 0.25) is 15.9 Å². The average molecular weight is 348 g/mol. The second-order valence-electron chi connectivity index (χ2n) is 4.99. The van der Waals surface area contributed by atoms with Gasteiger partial charge < -0.3 is 10.6 Å². The van der Waals surface area contributed by atoms with Gasteiger partial charge in [0.1, 0.15) is 0 Å². The molecule has 1 aromatic carbocycles. The van der Waals surface area contributed by atoms with Gasteiger partial charge in [0.15, 0.2) is 0 Å². The van der Waals surface area contributed by atoms with Crippen molar-refractivity contribution in [2.45, 2.75) is 17.7 Å². The van der Waals surface area contributed by atoms with Crippen molar-refractivity contribution in [1.29, 1.82) is 0 Å². The molecule has 0 unspecified atom stereocenters. The van der Waals surface area contributed by atoms with Crippen LogP contribution in [0.1, 0.15) is 12.8 Å². The molecular formula is C14H22ClN3O3S. The van der Waals surface area contributed by atoms with Crippen molar-refractivity contribution >= 4 is 28.3 Å². The van der Waals surface area contributed by atoms with Gasteiger partial charge in [0.25, 0.3) is 0 Å². The van der Waals surface area contributed by atoms with Crippen LogP contribution in [0.2, 0.25) is 0 Å². The van der Waals surface area contributed by atoms with Crippen molar-refractivity contribution in [3.05, 3.63) is 30.3 Å². The van der Waals surface area contributed by atoms with E-state index in [1.54, 1.807) is 35.2 Å². The van der Waals surface area contributed by atoms with Crippen LogP contribution < -0.4 is 5.73 Å². The van der Waals surface area contributed by atoms with Crippen LogP contribution in [0.25, 0.3) is 0 Å². The molecule has 1 fully saturated rings. The Morgan fingerprint density at radius 3 is 2.23 bits per heavy atom. The molecule has 2 N–H and O–H groups in total. The number of rotatable bonds is 5. The van der Waals surface area contributed by atoms with Gasteiger partial charge in [-0.1, -0.05) is 18.2 Å². The summed E-state index contributed by atoms with van der Waals surface area (Å²) in [5.41, 5.74) is 5.39. The topological polar surface area (TPSA) is 83.7 Å². The molecule has 124 valence electrons. The number of benzene rings is 1. The summed E-state index contributed by atoms with van der Waals surface area (Å²) in [6.07, 6.45) is 1.10. The molecule has 1 amide bonds. The van der Waals surface area contributed by atoms with Crippen LogP contribution >= 0.6 is 12.4 Å². The largest absolute Gasteiger partial charge is 0.340 e. The smallest absolute Gasteiger partial charge is 0.243 e. The summed E-state index contributed by atoms with van der Waals surface area (Å²) in [5, 5.41) is 0. The first-order chi connectivity index (χ1) is 10.1. The minimum Gasteiger partial charge on any atom is -0.340 e. The summed E-state index contributed by atoms with van der Waals surface area (Å²) in [5.74, 6) is 0.0530. The number of sulfonamides is 1. The van der Waals surface area contributed by atoms with Crippen LogP contribution in [0, 0.1) is 0 Å². The van der Waals surface area contributed by atoms with Gasteiger partial charge in [0, 0.05) is 32.6 Å². The van der Waals surface area contributed by atoms with Gasteiger partial charge in [-0.3, -0.25) is 4.79 Å². The maximum atomic E-state index is 12.4. The Balaban J connectivity index is 0.00000242. The summed E-state index contributed by atoms with van der Waals surface area (Å²) in [4.78, 5) is 13.9. The second-order valence-corrected chi connectivity index (χ2v) is 6.93. The lowest BCUT2D eigenvalue weighted by Crippen LogP contribution is -2.50. The number of nitrogens with zero attached hydrogens (tertiary/aromatic N) is 2. The third kappa shape index (κ3) is 4.42. The molecule has 8 heteroatoms. The molecule has 2 rings (SSSR count). The monoisotopic (exact) mass is 347 g/mol. The number of hydrogen-bond donors (Lipinski definition) is 1. The number of carbonyl (C=O) groups excluding carboxylic acids is 1. The Kier molecular flexibility index (Phi) is 7.28.